The number of carboxylic acid groups (broad SMARTS) is 1. The number of aryl methyl sites for hydroxylation is 1. The van der Waals surface area contributed by atoms with Crippen molar-refractivity contribution in [2.45, 2.75) is 6.92 Å². The Morgan fingerprint density at radius 3 is 2.40 bits per heavy atom. The van der Waals surface area contributed by atoms with Gasteiger partial charge >= 0.3 is 5.97 Å². The second kappa shape index (κ2) is 5.40. The molecule has 0 amide bonds. The molecule has 0 aliphatic heterocycles. The number of nitro benzene ring substituents is 1. The number of carbonyl (C=O) groups is 1. The van der Waals surface area contributed by atoms with Crippen LogP contribution in [-0.2, 0) is 0 Å². The zero-order chi connectivity index (χ0) is 14.7. The zero-order valence-corrected chi connectivity index (χ0v) is 10.6. The largest absolute Gasteiger partial charge is 0.478 e. The number of ether oxygens (including phenoxy) is 1. The van der Waals surface area contributed by atoms with Crippen LogP contribution in [0.15, 0.2) is 42.5 Å². The summed E-state index contributed by atoms with van der Waals surface area (Å²) in [4.78, 5) is 21.2. The van der Waals surface area contributed by atoms with Gasteiger partial charge in [-0.05, 0) is 31.2 Å². The molecule has 0 fully saturated rings. The molecule has 2 aromatic carbocycles. The minimum atomic E-state index is -1.09. The third-order valence-electron chi connectivity index (χ3n) is 2.64. The van der Waals surface area contributed by atoms with Gasteiger partial charge in [0.25, 0.3) is 5.69 Å². The van der Waals surface area contributed by atoms with E-state index < -0.39 is 10.9 Å². The van der Waals surface area contributed by atoms with Gasteiger partial charge in [-0.3, -0.25) is 10.1 Å². The Kier molecular flexibility index (Phi) is 3.65. The van der Waals surface area contributed by atoms with Crippen molar-refractivity contribution in [1.82, 2.24) is 0 Å². The maximum absolute atomic E-state index is 11.1. The van der Waals surface area contributed by atoms with Crippen molar-refractivity contribution in [2.75, 3.05) is 0 Å². The number of nitro groups is 1. The van der Waals surface area contributed by atoms with Crippen molar-refractivity contribution in [3.63, 3.8) is 0 Å². The molecule has 0 atom stereocenters. The number of non-ortho nitro benzene ring substituents is 1. The van der Waals surface area contributed by atoms with E-state index in [0.29, 0.717) is 5.75 Å². The molecule has 0 aromatic heterocycles. The Morgan fingerprint density at radius 2 is 1.85 bits per heavy atom. The minimum absolute atomic E-state index is 0.0448. The quantitative estimate of drug-likeness (QED) is 0.681. The molecule has 0 aliphatic rings. The highest BCUT2D eigenvalue weighted by atomic mass is 16.6. The molecule has 0 spiro atoms. The first-order valence-electron chi connectivity index (χ1n) is 5.73. The molecule has 1 N–H and O–H groups in total. The van der Waals surface area contributed by atoms with E-state index >= 15 is 0 Å². The van der Waals surface area contributed by atoms with Gasteiger partial charge in [0, 0.05) is 12.1 Å². The highest BCUT2D eigenvalue weighted by Crippen LogP contribution is 2.27. The molecule has 0 aliphatic carbocycles. The van der Waals surface area contributed by atoms with Crippen molar-refractivity contribution in [3.8, 4) is 11.5 Å². The fourth-order valence-corrected chi connectivity index (χ4v) is 1.66. The van der Waals surface area contributed by atoms with Gasteiger partial charge in [-0.2, -0.15) is 0 Å². The van der Waals surface area contributed by atoms with Gasteiger partial charge < -0.3 is 9.84 Å². The number of carboxylic acids is 1. The monoisotopic (exact) mass is 273 g/mol. The zero-order valence-electron chi connectivity index (χ0n) is 10.6. The van der Waals surface area contributed by atoms with Crippen molar-refractivity contribution < 1.29 is 19.6 Å². The second-order valence-corrected chi connectivity index (χ2v) is 4.16. The molecule has 102 valence electrons. The number of rotatable bonds is 4. The molecule has 6 heteroatoms. The first-order chi connectivity index (χ1) is 9.47. The predicted octanol–water partition coefficient (Wildman–Crippen LogP) is 3.39. The van der Waals surface area contributed by atoms with Crippen LogP contribution in [0.25, 0.3) is 0 Å². The van der Waals surface area contributed by atoms with Crippen LogP contribution in [0.5, 0.6) is 11.5 Å². The molecule has 6 nitrogen and oxygen atoms in total. The summed E-state index contributed by atoms with van der Waals surface area (Å²) in [5.41, 5.74) is 0.793. The molecule has 20 heavy (non-hydrogen) atoms. The van der Waals surface area contributed by atoms with Gasteiger partial charge in [0.15, 0.2) is 0 Å². The van der Waals surface area contributed by atoms with Crippen molar-refractivity contribution >= 4 is 11.7 Å². The molecule has 2 rings (SSSR count). The van der Waals surface area contributed by atoms with Gasteiger partial charge in [-0.15, -0.1) is 0 Å². The lowest BCUT2D eigenvalue weighted by atomic mass is 10.1. The van der Waals surface area contributed by atoms with E-state index in [1.165, 1.54) is 30.3 Å². The maximum Gasteiger partial charge on any atom is 0.339 e. The van der Waals surface area contributed by atoms with Gasteiger partial charge in [-0.1, -0.05) is 11.6 Å². The number of nitrogens with zero attached hydrogens (tertiary/aromatic N) is 1. The van der Waals surface area contributed by atoms with Crippen molar-refractivity contribution in [2.24, 2.45) is 0 Å². The van der Waals surface area contributed by atoms with E-state index in [1.807, 2.05) is 0 Å². The Labute approximate surface area is 114 Å². The number of hydrogen-bond donors (Lipinski definition) is 1. The SMILES string of the molecule is Cc1ccc(Oc2ccc([N+](=O)[O-])cc2)c(C(=O)O)c1. The van der Waals surface area contributed by atoms with Gasteiger partial charge in [0.05, 0.1) is 4.92 Å². The predicted molar refractivity (Wildman–Crippen MR) is 71.3 cm³/mol. The lowest BCUT2D eigenvalue weighted by Crippen LogP contribution is -2.00. The van der Waals surface area contributed by atoms with Gasteiger partial charge in [-0.25, -0.2) is 4.79 Å². The first kappa shape index (κ1) is 13.5. The van der Waals surface area contributed by atoms with Crippen LogP contribution >= 0.6 is 0 Å². The normalized spacial score (nSPS) is 10.1. The van der Waals surface area contributed by atoms with Crippen LogP contribution in [0.1, 0.15) is 15.9 Å². The fourth-order valence-electron chi connectivity index (χ4n) is 1.66. The first-order valence-corrected chi connectivity index (χ1v) is 5.73. The standard InChI is InChI=1S/C14H11NO5/c1-9-2-7-13(12(8-9)14(16)17)20-11-5-3-10(4-6-11)15(18)19/h2-8H,1H3,(H,16,17). The van der Waals surface area contributed by atoms with Crippen molar-refractivity contribution in [3.05, 3.63) is 63.7 Å². The van der Waals surface area contributed by atoms with E-state index in [1.54, 1.807) is 19.1 Å². The maximum atomic E-state index is 11.1. The molecule has 0 unspecified atom stereocenters. The van der Waals surface area contributed by atoms with Crippen LogP contribution in [0.2, 0.25) is 0 Å². The topological polar surface area (TPSA) is 89.7 Å². The molecule has 2 aromatic rings. The summed E-state index contributed by atoms with van der Waals surface area (Å²) >= 11 is 0. The summed E-state index contributed by atoms with van der Waals surface area (Å²) in [6.45, 7) is 1.78. The lowest BCUT2D eigenvalue weighted by molar-refractivity contribution is -0.384. The number of aromatic carboxylic acids is 1. The third-order valence-corrected chi connectivity index (χ3v) is 2.64. The average molecular weight is 273 g/mol. The Balaban J connectivity index is 2.30. The molecule has 0 heterocycles. The van der Waals surface area contributed by atoms with Crippen LogP contribution in [0, 0.1) is 17.0 Å². The summed E-state index contributed by atoms with van der Waals surface area (Å²) < 4.78 is 5.46. The van der Waals surface area contributed by atoms with E-state index in [-0.39, 0.29) is 17.0 Å². The Bertz CT molecular complexity index is 664. The Hall–Kier alpha value is -2.89. The lowest BCUT2D eigenvalue weighted by Gasteiger charge is -2.09. The molecule has 0 radical (unpaired) electrons. The van der Waals surface area contributed by atoms with Crippen LogP contribution in [-0.4, -0.2) is 16.0 Å². The summed E-state index contributed by atoms with van der Waals surface area (Å²) in [5, 5.41) is 19.7. The fraction of sp³-hybridized carbons (Fsp3) is 0.0714. The number of hydrogen-bond acceptors (Lipinski definition) is 4. The summed E-state index contributed by atoms with van der Waals surface area (Å²) in [7, 11) is 0. The third kappa shape index (κ3) is 2.92. The van der Waals surface area contributed by atoms with E-state index in [2.05, 4.69) is 0 Å². The molecule has 0 bridgehead atoms. The minimum Gasteiger partial charge on any atom is -0.478 e. The van der Waals surface area contributed by atoms with E-state index in [4.69, 9.17) is 9.84 Å². The highest BCUT2D eigenvalue weighted by Gasteiger charge is 2.13. The summed E-state index contributed by atoms with van der Waals surface area (Å²) in [6.07, 6.45) is 0. The average Bonchev–Trinajstić information content (AvgIpc) is 2.41. The highest BCUT2D eigenvalue weighted by molar-refractivity contribution is 5.91. The summed E-state index contributed by atoms with van der Waals surface area (Å²) in [6, 6.07) is 10.2. The van der Waals surface area contributed by atoms with Crippen LogP contribution < -0.4 is 4.74 Å². The molecular weight excluding hydrogens is 262 g/mol. The van der Waals surface area contributed by atoms with Gasteiger partial charge in [0.2, 0.25) is 0 Å². The smallest absolute Gasteiger partial charge is 0.339 e. The molecular formula is C14H11NO5. The van der Waals surface area contributed by atoms with Crippen LogP contribution in [0.4, 0.5) is 5.69 Å². The number of benzene rings is 2. The van der Waals surface area contributed by atoms with E-state index in [9.17, 15) is 14.9 Å². The van der Waals surface area contributed by atoms with Gasteiger partial charge in [0.1, 0.15) is 17.1 Å². The van der Waals surface area contributed by atoms with Crippen molar-refractivity contribution in [1.29, 1.82) is 0 Å². The molecule has 0 saturated heterocycles. The van der Waals surface area contributed by atoms with Crippen LogP contribution in [0.3, 0.4) is 0 Å². The Morgan fingerprint density at radius 1 is 1.20 bits per heavy atom. The van der Waals surface area contributed by atoms with E-state index in [0.717, 1.165) is 5.56 Å². The second-order valence-electron chi connectivity index (χ2n) is 4.16. The summed E-state index contributed by atoms with van der Waals surface area (Å²) in [5.74, 6) is -0.565. The molecule has 0 saturated carbocycles.